The van der Waals surface area contributed by atoms with Crippen molar-refractivity contribution in [3.05, 3.63) is 54.2 Å². The predicted molar refractivity (Wildman–Crippen MR) is 80.8 cm³/mol. The lowest BCUT2D eigenvalue weighted by atomic mass is 10.3. The van der Waals surface area contributed by atoms with Crippen LogP contribution in [0.3, 0.4) is 0 Å². The Hall–Kier alpha value is -3.09. The monoisotopic (exact) mass is 316 g/mol. The molecule has 0 radical (unpaired) electrons. The molecule has 0 atom stereocenters. The standard InChI is InChI=1S/C16H13FN2O4/c1-21-16(20)18-10-5-7-11(8-6-10)22-9-14-19-13-4-2-3-12(17)15(13)23-14/h2-8H,9H2,1H3,(H,18,20). The van der Waals surface area contributed by atoms with Gasteiger partial charge in [0.25, 0.3) is 0 Å². The number of halogens is 1. The molecule has 0 bridgehead atoms. The number of hydrogen-bond acceptors (Lipinski definition) is 5. The second-order valence-electron chi connectivity index (χ2n) is 4.63. The zero-order valence-electron chi connectivity index (χ0n) is 12.2. The van der Waals surface area contributed by atoms with Crippen molar-refractivity contribution in [3.8, 4) is 5.75 Å². The minimum absolute atomic E-state index is 0.0674. The number of carbonyl (C=O) groups excluding carboxylic acids is 1. The number of methoxy groups -OCH3 is 1. The molecular formula is C16H13FN2O4. The van der Waals surface area contributed by atoms with E-state index < -0.39 is 11.9 Å². The van der Waals surface area contributed by atoms with Crippen LogP contribution in [0.5, 0.6) is 5.75 Å². The van der Waals surface area contributed by atoms with E-state index in [1.807, 2.05) is 0 Å². The SMILES string of the molecule is COC(=O)Nc1ccc(OCc2nc3cccc(F)c3o2)cc1. The van der Waals surface area contributed by atoms with E-state index in [1.165, 1.54) is 13.2 Å². The van der Waals surface area contributed by atoms with E-state index in [9.17, 15) is 9.18 Å². The highest BCUT2D eigenvalue weighted by atomic mass is 19.1. The van der Waals surface area contributed by atoms with Crippen molar-refractivity contribution in [1.29, 1.82) is 0 Å². The molecule has 0 saturated heterocycles. The second-order valence-corrected chi connectivity index (χ2v) is 4.63. The lowest BCUT2D eigenvalue weighted by molar-refractivity contribution is 0.187. The maximum absolute atomic E-state index is 13.5. The maximum atomic E-state index is 13.5. The van der Waals surface area contributed by atoms with E-state index in [2.05, 4.69) is 15.0 Å². The molecule has 0 unspecified atom stereocenters. The molecule has 0 aliphatic carbocycles. The number of aromatic nitrogens is 1. The van der Waals surface area contributed by atoms with Gasteiger partial charge in [-0.1, -0.05) is 6.07 Å². The normalized spacial score (nSPS) is 10.5. The van der Waals surface area contributed by atoms with Gasteiger partial charge in [-0.25, -0.2) is 14.2 Å². The average Bonchev–Trinajstić information content (AvgIpc) is 2.99. The molecule has 7 heteroatoms. The number of fused-ring (bicyclic) bond motifs is 1. The first-order valence-electron chi connectivity index (χ1n) is 6.77. The molecule has 23 heavy (non-hydrogen) atoms. The van der Waals surface area contributed by atoms with E-state index in [-0.39, 0.29) is 18.1 Å². The Balaban J connectivity index is 1.65. The molecule has 3 rings (SSSR count). The topological polar surface area (TPSA) is 73.6 Å². The van der Waals surface area contributed by atoms with Gasteiger partial charge in [0.05, 0.1) is 7.11 Å². The lowest BCUT2D eigenvalue weighted by Crippen LogP contribution is -2.10. The summed E-state index contributed by atoms with van der Waals surface area (Å²) < 4.78 is 28.9. The van der Waals surface area contributed by atoms with Crippen LogP contribution in [-0.4, -0.2) is 18.2 Å². The molecule has 1 amide bonds. The van der Waals surface area contributed by atoms with Crippen LogP contribution in [0, 0.1) is 5.82 Å². The number of anilines is 1. The smallest absolute Gasteiger partial charge is 0.411 e. The van der Waals surface area contributed by atoms with E-state index in [0.29, 0.717) is 17.0 Å². The first-order chi connectivity index (χ1) is 11.2. The summed E-state index contributed by atoms with van der Waals surface area (Å²) in [5.74, 6) is 0.379. The molecule has 1 aromatic heterocycles. The van der Waals surface area contributed by atoms with Crippen molar-refractivity contribution < 1.29 is 23.1 Å². The first-order valence-corrected chi connectivity index (χ1v) is 6.77. The molecule has 1 N–H and O–H groups in total. The highest BCUT2D eigenvalue weighted by molar-refractivity contribution is 5.84. The molecule has 6 nitrogen and oxygen atoms in total. The Morgan fingerprint density at radius 3 is 2.74 bits per heavy atom. The third-order valence-electron chi connectivity index (χ3n) is 3.06. The summed E-state index contributed by atoms with van der Waals surface area (Å²) in [5, 5.41) is 2.53. The van der Waals surface area contributed by atoms with Crippen LogP contribution in [0.15, 0.2) is 46.9 Å². The molecule has 0 fully saturated rings. The Kier molecular flexibility index (Phi) is 4.09. The van der Waals surface area contributed by atoms with Crippen LogP contribution >= 0.6 is 0 Å². The zero-order chi connectivity index (χ0) is 16.2. The number of nitrogens with one attached hydrogen (secondary N) is 1. The summed E-state index contributed by atoms with van der Waals surface area (Å²) >= 11 is 0. The van der Waals surface area contributed by atoms with Crippen molar-refractivity contribution >= 4 is 22.9 Å². The number of nitrogens with zero attached hydrogens (tertiary/aromatic N) is 1. The Morgan fingerprint density at radius 1 is 1.26 bits per heavy atom. The van der Waals surface area contributed by atoms with Gasteiger partial charge in [0.1, 0.15) is 11.3 Å². The fraction of sp³-hybridized carbons (Fsp3) is 0.125. The molecule has 2 aromatic carbocycles. The van der Waals surface area contributed by atoms with Gasteiger partial charge in [0, 0.05) is 5.69 Å². The number of amides is 1. The fourth-order valence-corrected chi connectivity index (χ4v) is 1.97. The summed E-state index contributed by atoms with van der Waals surface area (Å²) in [6.45, 7) is 0.0674. The fourth-order valence-electron chi connectivity index (χ4n) is 1.97. The van der Waals surface area contributed by atoms with Gasteiger partial charge in [0.2, 0.25) is 5.89 Å². The minimum Gasteiger partial charge on any atom is -0.484 e. The van der Waals surface area contributed by atoms with Gasteiger partial charge < -0.3 is 13.9 Å². The van der Waals surface area contributed by atoms with Crippen molar-refractivity contribution in [1.82, 2.24) is 4.98 Å². The number of benzene rings is 2. The number of para-hydroxylation sites is 1. The van der Waals surface area contributed by atoms with E-state index in [0.717, 1.165) is 0 Å². The number of hydrogen-bond donors (Lipinski definition) is 1. The van der Waals surface area contributed by atoms with Crippen LogP contribution in [0.25, 0.3) is 11.1 Å². The first kappa shape index (κ1) is 14.8. The molecule has 0 aliphatic heterocycles. The van der Waals surface area contributed by atoms with Crippen LogP contribution in [0.2, 0.25) is 0 Å². The van der Waals surface area contributed by atoms with E-state index >= 15 is 0 Å². The highest BCUT2D eigenvalue weighted by Crippen LogP contribution is 2.21. The Labute approximate surface area is 130 Å². The van der Waals surface area contributed by atoms with Gasteiger partial charge in [0.15, 0.2) is 18.0 Å². The molecule has 3 aromatic rings. The van der Waals surface area contributed by atoms with Crippen LogP contribution in [0.4, 0.5) is 14.9 Å². The molecule has 1 heterocycles. The molecule has 0 saturated carbocycles. The molecule has 118 valence electrons. The molecule has 0 spiro atoms. The van der Waals surface area contributed by atoms with Gasteiger partial charge >= 0.3 is 6.09 Å². The van der Waals surface area contributed by atoms with Crippen LogP contribution in [0.1, 0.15) is 5.89 Å². The third-order valence-corrected chi connectivity index (χ3v) is 3.06. The van der Waals surface area contributed by atoms with Crippen molar-refractivity contribution in [2.45, 2.75) is 6.61 Å². The number of carbonyl (C=O) groups is 1. The number of ether oxygens (including phenoxy) is 2. The maximum Gasteiger partial charge on any atom is 0.411 e. The van der Waals surface area contributed by atoms with Gasteiger partial charge in [-0.05, 0) is 36.4 Å². The minimum atomic E-state index is -0.549. The highest BCUT2D eigenvalue weighted by Gasteiger charge is 2.10. The summed E-state index contributed by atoms with van der Waals surface area (Å²) in [6.07, 6.45) is -0.549. The average molecular weight is 316 g/mol. The van der Waals surface area contributed by atoms with Gasteiger partial charge in [-0.15, -0.1) is 0 Å². The van der Waals surface area contributed by atoms with Crippen LogP contribution < -0.4 is 10.1 Å². The van der Waals surface area contributed by atoms with Crippen molar-refractivity contribution in [3.63, 3.8) is 0 Å². The summed E-state index contributed by atoms with van der Waals surface area (Å²) in [7, 11) is 1.29. The van der Waals surface area contributed by atoms with Gasteiger partial charge in [-0.2, -0.15) is 0 Å². The van der Waals surface area contributed by atoms with Crippen LogP contribution in [-0.2, 0) is 11.3 Å². The second kappa shape index (κ2) is 6.35. The largest absolute Gasteiger partial charge is 0.484 e. The Morgan fingerprint density at radius 2 is 2.04 bits per heavy atom. The lowest BCUT2D eigenvalue weighted by Gasteiger charge is -2.06. The molecule has 0 aliphatic rings. The summed E-state index contributed by atoms with van der Waals surface area (Å²) in [6, 6.07) is 11.2. The van der Waals surface area contributed by atoms with Crippen molar-refractivity contribution in [2.24, 2.45) is 0 Å². The number of oxazole rings is 1. The van der Waals surface area contributed by atoms with E-state index in [1.54, 1.807) is 36.4 Å². The zero-order valence-corrected chi connectivity index (χ0v) is 12.2. The Bertz CT molecular complexity index is 830. The quantitative estimate of drug-likeness (QED) is 0.794. The summed E-state index contributed by atoms with van der Waals surface area (Å²) in [5.41, 5.74) is 1.14. The van der Waals surface area contributed by atoms with Crippen molar-refractivity contribution in [2.75, 3.05) is 12.4 Å². The molecular weight excluding hydrogens is 303 g/mol. The summed E-state index contributed by atoms with van der Waals surface area (Å²) in [4.78, 5) is 15.2. The van der Waals surface area contributed by atoms with Gasteiger partial charge in [-0.3, -0.25) is 5.32 Å². The predicted octanol–water partition coefficient (Wildman–Crippen LogP) is 3.72. The van der Waals surface area contributed by atoms with E-state index in [4.69, 9.17) is 9.15 Å². The number of rotatable bonds is 4. The third kappa shape index (κ3) is 3.39.